The molecule has 0 radical (unpaired) electrons. The van der Waals surface area contributed by atoms with Crippen molar-refractivity contribution in [2.75, 3.05) is 19.8 Å². The molecule has 0 saturated carbocycles. The van der Waals surface area contributed by atoms with Crippen LogP contribution in [0.4, 0.5) is 4.79 Å². The van der Waals surface area contributed by atoms with Gasteiger partial charge in [0, 0.05) is 36.7 Å². The Morgan fingerprint density at radius 1 is 1.00 bits per heavy atom. The van der Waals surface area contributed by atoms with Crippen LogP contribution >= 0.6 is 0 Å². The third kappa shape index (κ3) is 3.39. The van der Waals surface area contributed by atoms with Crippen LogP contribution in [0, 0.1) is 0 Å². The second-order valence-corrected chi connectivity index (χ2v) is 9.12. The second-order valence-electron chi connectivity index (χ2n) is 9.12. The highest BCUT2D eigenvalue weighted by Gasteiger charge is 2.49. The lowest BCUT2D eigenvalue weighted by Gasteiger charge is -2.50. The summed E-state index contributed by atoms with van der Waals surface area (Å²) in [5, 5.41) is 11.4. The Kier molecular flexibility index (Phi) is 4.89. The van der Waals surface area contributed by atoms with Crippen LogP contribution in [0.3, 0.4) is 0 Å². The Bertz CT molecular complexity index is 1130. The van der Waals surface area contributed by atoms with Crippen molar-refractivity contribution in [1.29, 1.82) is 0 Å². The first kappa shape index (κ1) is 20.3. The Hall–Kier alpha value is -3.29. The number of benzene rings is 2. The van der Waals surface area contributed by atoms with E-state index in [2.05, 4.69) is 34.2 Å². The predicted octanol–water partition coefficient (Wildman–Crippen LogP) is 3.48. The van der Waals surface area contributed by atoms with E-state index in [1.807, 2.05) is 24.3 Å². The van der Waals surface area contributed by atoms with Crippen LogP contribution < -0.4 is 0 Å². The molecule has 3 aliphatic rings. The summed E-state index contributed by atoms with van der Waals surface area (Å²) >= 11 is 0. The SMILES string of the molecule is O=C(OCC1c2ccccc2-c2ccccc21)N1C2COCC1CC(O)(c1cncnc1)C2. The minimum Gasteiger partial charge on any atom is -0.448 e. The number of hydrogen-bond acceptors (Lipinski definition) is 6. The maximum Gasteiger partial charge on any atom is 0.410 e. The van der Waals surface area contributed by atoms with Gasteiger partial charge < -0.3 is 14.6 Å². The lowest BCUT2D eigenvalue weighted by Crippen LogP contribution is -2.62. The number of amides is 1. The first-order valence-electron chi connectivity index (χ1n) is 11.3. The Labute approximate surface area is 192 Å². The van der Waals surface area contributed by atoms with Gasteiger partial charge in [-0.3, -0.25) is 4.90 Å². The van der Waals surface area contributed by atoms with E-state index < -0.39 is 5.60 Å². The average molecular weight is 444 g/mol. The molecular weight excluding hydrogens is 418 g/mol. The normalized spacial score (nSPS) is 25.9. The smallest absolute Gasteiger partial charge is 0.410 e. The molecule has 1 amide bonds. The molecule has 168 valence electrons. The number of aliphatic hydroxyl groups is 1. The van der Waals surface area contributed by atoms with Gasteiger partial charge in [0.15, 0.2) is 0 Å². The molecule has 2 fully saturated rings. The number of hydrogen-bond donors (Lipinski definition) is 1. The Morgan fingerprint density at radius 2 is 1.58 bits per heavy atom. The molecule has 3 heterocycles. The molecule has 2 bridgehead atoms. The van der Waals surface area contributed by atoms with Crippen LogP contribution in [-0.2, 0) is 15.1 Å². The highest BCUT2D eigenvalue weighted by molar-refractivity contribution is 5.79. The van der Waals surface area contributed by atoms with E-state index in [1.54, 1.807) is 17.3 Å². The van der Waals surface area contributed by atoms with Crippen molar-refractivity contribution >= 4 is 6.09 Å². The topological polar surface area (TPSA) is 84.8 Å². The van der Waals surface area contributed by atoms with Crippen LogP contribution in [0.1, 0.15) is 35.4 Å². The first-order chi connectivity index (χ1) is 16.1. The molecule has 0 spiro atoms. The Balaban J connectivity index is 1.21. The number of fused-ring (bicyclic) bond motifs is 5. The van der Waals surface area contributed by atoms with Crippen molar-refractivity contribution in [3.8, 4) is 11.1 Å². The van der Waals surface area contributed by atoms with Crippen LogP contribution in [-0.4, -0.2) is 58.0 Å². The van der Waals surface area contributed by atoms with Gasteiger partial charge in [0.2, 0.25) is 0 Å². The zero-order valence-electron chi connectivity index (χ0n) is 18.1. The van der Waals surface area contributed by atoms with Crippen LogP contribution in [0.2, 0.25) is 0 Å². The lowest BCUT2D eigenvalue weighted by atomic mass is 9.78. The summed E-state index contributed by atoms with van der Waals surface area (Å²) in [4.78, 5) is 23.2. The highest BCUT2D eigenvalue weighted by Crippen LogP contribution is 2.45. The number of rotatable bonds is 3. The van der Waals surface area contributed by atoms with Gasteiger partial charge in [0.1, 0.15) is 12.9 Å². The molecule has 1 aliphatic carbocycles. The number of ether oxygens (including phenoxy) is 2. The molecule has 3 aromatic rings. The fraction of sp³-hybridized carbons (Fsp3) is 0.346. The molecule has 6 rings (SSSR count). The maximum absolute atomic E-state index is 13.3. The number of piperidine rings is 1. The molecule has 2 saturated heterocycles. The molecule has 7 heteroatoms. The highest BCUT2D eigenvalue weighted by atomic mass is 16.6. The molecule has 33 heavy (non-hydrogen) atoms. The van der Waals surface area contributed by atoms with Gasteiger partial charge in [-0.15, -0.1) is 0 Å². The minimum atomic E-state index is -1.08. The van der Waals surface area contributed by atoms with Crippen molar-refractivity contribution in [2.45, 2.75) is 36.4 Å². The molecule has 2 atom stereocenters. The second kappa shape index (κ2) is 7.93. The standard InChI is InChI=1S/C26H25N3O4/c30-25(33-15-24-22-7-3-1-5-20(22)21-6-2-4-8-23(21)24)29-18-9-26(31,10-19(29)14-32-13-18)17-11-27-16-28-12-17/h1-8,11-12,16,18-19,24,31H,9-10,13-15H2. The quantitative estimate of drug-likeness (QED) is 0.667. The van der Waals surface area contributed by atoms with E-state index in [0.29, 0.717) is 31.6 Å². The molecule has 1 N–H and O–H groups in total. The third-order valence-corrected chi connectivity index (χ3v) is 7.20. The van der Waals surface area contributed by atoms with Crippen LogP contribution in [0.15, 0.2) is 67.3 Å². The van der Waals surface area contributed by atoms with Crippen LogP contribution in [0.25, 0.3) is 11.1 Å². The van der Waals surface area contributed by atoms with E-state index in [4.69, 9.17) is 9.47 Å². The first-order valence-corrected chi connectivity index (χ1v) is 11.3. The van der Waals surface area contributed by atoms with Crippen molar-refractivity contribution in [2.24, 2.45) is 0 Å². The van der Waals surface area contributed by atoms with E-state index in [1.165, 1.54) is 28.6 Å². The molecular formula is C26H25N3O4. The zero-order valence-corrected chi connectivity index (χ0v) is 18.1. The van der Waals surface area contributed by atoms with Gasteiger partial charge in [-0.05, 0) is 22.3 Å². The van der Waals surface area contributed by atoms with Crippen molar-refractivity contribution in [3.05, 3.63) is 83.9 Å². The summed E-state index contributed by atoms with van der Waals surface area (Å²) in [6.07, 6.45) is 5.12. The van der Waals surface area contributed by atoms with Gasteiger partial charge in [-0.2, -0.15) is 0 Å². The van der Waals surface area contributed by atoms with Crippen molar-refractivity contribution < 1.29 is 19.4 Å². The molecule has 2 unspecified atom stereocenters. The molecule has 2 aliphatic heterocycles. The fourth-order valence-corrected chi connectivity index (χ4v) is 5.72. The average Bonchev–Trinajstić information content (AvgIpc) is 3.16. The summed E-state index contributed by atoms with van der Waals surface area (Å²) in [5.74, 6) is 0.0145. The number of carbonyl (C=O) groups is 1. The summed E-state index contributed by atoms with van der Waals surface area (Å²) in [6, 6.07) is 16.1. The monoisotopic (exact) mass is 443 g/mol. The predicted molar refractivity (Wildman–Crippen MR) is 120 cm³/mol. The number of nitrogens with zero attached hydrogens (tertiary/aromatic N) is 3. The van der Waals surface area contributed by atoms with Gasteiger partial charge in [-0.1, -0.05) is 48.5 Å². The number of morpholine rings is 1. The van der Waals surface area contributed by atoms with Gasteiger partial charge in [-0.25, -0.2) is 14.8 Å². The zero-order chi connectivity index (χ0) is 22.4. The summed E-state index contributed by atoms with van der Waals surface area (Å²) < 4.78 is 11.6. The Morgan fingerprint density at radius 3 is 2.18 bits per heavy atom. The third-order valence-electron chi connectivity index (χ3n) is 7.20. The summed E-state index contributed by atoms with van der Waals surface area (Å²) in [6.45, 7) is 1.02. The van der Waals surface area contributed by atoms with Crippen LogP contribution in [0.5, 0.6) is 0 Å². The lowest BCUT2D eigenvalue weighted by molar-refractivity contribution is -0.136. The van der Waals surface area contributed by atoms with E-state index in [-0.39, 0.29) is 30.7 Å². The largest absolute Gasteiger partial charge is 0.448 e. The van der Waals surface area contributed by atoms with Gasteiger partial charge in [0.05, 0.1) is 30.9 Å². The van der Waals surface area contributed by atoms with Gasteiger partial charge in [0.25, 0.3) is 0 Å². The number of aromatic nitrogens is 2. The summed E-state index contributed by atoms with van der Waals surface area (Å²) in [7, 11) is 0. The van der Waals surface area contributed by atoms with E-state index >= 15 is 0 Å². The fourth-order valence-electron chi connectivity index (χ4n) is 5.72. The molecule has 7 nitrogen and oxygen atoms in total. The maximum atomic E-state index is 13.3. The van der Waals surface area contributed by atoms with Crippen molar-refractivity contribution in [1.82, 2.24) is 14.9 Å². The number of carbonyl (C=O) groups excluding carboxylic acids is 1. The van der Waals surface area contributed by atoms with Crippen molar-refractivity contribution in [3.63, 3.8) is 0 Å². The molecule has 2 aromatic carbocycles. The van der Waals surface area contributed by atoms with Gasteiger partial charge >= 0.3 is 6.09 Å². The van der Waals surface area contributed by atoms with E-state index in [9.17, 15) is 9.90 Å². The minimum absolute atomic E-state index is 0.0145. The van der Waals surface area contributed by atoms with E-state index in [0.717, 1.165) is 0 Å². The summed E-state index contributed by atoms with van der Waals surface area (Å²) in [5.41, 5.74) is 4.37. The molecule has 1 aromatic heterocycles.